The third-order valence-corrected chi connectivity index (χ3v) is 6.69. The zero-order valence-electron chi connectivity index (χ0n) is 13.1. The van der Waals surface area contributed by atoms with E-state index in [-0.39, 0.29) is 27.6 Å². The van der Waals surface area contributed by atoms with Gasteiger partial charge in [-0.05, 0) is 37.3 Å². The van der Waals surface area contributed by atoms with Crippen molar-refractivity contribution >= 4 is 27.4 Å². The lowest BCUT2D eigenvalue weighted by Crippen LogP contribution is -2.34. The lowest BCUT2D eigenvalue weighted by molar-refractivity contribution is -0.142. The highest BCUT2D eigenvalue weighted by atomic mass is 35.5. The Morgan fingerprint density at radius 3 is 2.52 bits per heavy atom. The Labute approximate surface area is 142 Å². The van der Waals surface area contributed by atoms with Gasteiger partial charge in [0.05, 0.1) is 21.6 Å². The number of hydrogen-bond acceptors (Lipinski definition) is 4. The Morgan fingerprint density at radius 1 is 1.30 bits per heavy atom. The molecule has 128 valence electrons. The van der Waals surface area contributed by atoms with Crippen molar-refractivity contribution in [3.05, 3.63) is 28.8 Å². The summed E-state index contributed by atoms with van der Waals surface area (Å²) in [5.41, 5.74) is 0.666. The molecule has 1 fully saturated rings. The number of hydrogen-bond donors (Lipinski definition) is 2. The van der Waals surface area contributed by atoms with E-state index >= 15 is 0 Å². The molecule has 0 heterocycles. The maximum absolute atomic E-state index is 12.2. The van der Waals surface area contributed by atoms with E-state index in [2.05, 4.69) is 5.32 Å². The summed E-state index contributed by atoms with van der Waals surface area (Å²) in [6.45, 7) is 2.01. The standard InChI is InChI=1S/C16H22ClNO4S/c1-2-23(21,22)15-12(4-3-5-14(15)17)10-18-13-8-6-11(7-9-13)16(19)20/h3-5,11,13,18H,2,6-10H2,1H3,(H,19,20). The molecule has 1 aliphatic carbocycles. The van der Waals surface area contributed by atoms with Crippen molar-refractivity contribution in [2.45, 2.75) is 50.1 Å². The topological polar surface area (TPSA) is 83.5 Å². The zero-order valence-corrected chi connectivity index (χ0v) is 14.7. The van der Waals surface area contributed by atoms with Crippen LogP contribution >= 0.6 is 11.6 Å². The summed E-state index contributed by atoms with van der Waals surface area (Å²) in [4.78, 5) is 11.2. The Bertz CT molecular complexity index is 667. The van der Waals surface area contributed by atoms with Crippen LogP contribution < -0.4 is 5.32 Å². The van der Waals surface area contributed by atoms with E-state index in [0.717, 1.165) is 12.8 Å². The van der Waals surface area contributed by atoms with E-state index < -0.39 is 15.8 Å². The van der Waals surface area contributed by atoms with Crippen molar-refractivity contribution in [2.24, 2.45) is 5.92 Å². The van der Waals surface area contributed by atoms with Gasteiger partial charge in [0.2, 0.25) is 0 Å². The van der Waals surface area contributed by atoms with Crippen molar-refractivity contribution in [1.82, 2.24) is 5.32 Å². The number of carbonyl (C=O) groups is 1. The lowest BCUT2D eigenvalue weighted by Gasteiger charge is -2.27. The SMILES string of the molecule is CCS(=O)(=O)c1c(Cl)cccc1CNC1CCC(C(=O)O)CC1. The van der Waals surface area contributed by atoms with Crippen molar-refractivity contribution in [1.29, 1.82) is 0 Å². The molecular weight excluding hydrogens is 338 g/mol. The van der Waals surface area contributed by atoms with Crippen LogP contribution in [0.15, 0.2) is 23.1 Å². The molecule has 23 heavy (non-hydrogen) atoms. The highest BCUT2D eigenvalue weighted by Crippen LogP contribution is 2.28. The van der Waals surface area contributed by atoms with Gasteiger partial charge in [-0.25, -0.2) is 8.42 Å². The number of halogens is 1. The van der Waals surface area contributed by atoms with E-state index in [1.807, 2.05) is 0 Å². The fraction of sp³-hybridized carbons (Fsp3) is 0.562. The van der Waals surface area contributed by atoms with Gasteiger partial charge < -0.3 is 10.4 Å². The summed E-state index contributed by atoms with van der Waals surface area (Å²) in [6.07, 6.45) is 2.88. The molecule has 1 aromatic rings. The molecule has 0 saturated heterocycles. The Hall–Kier alpha value is -1.11. The van der Waals surface area contributed by atoms with E-state index in [4.69, 9.17) is 16.7 Å². The molecule has 2 N–H and O–H groups in total. The van der Waals surface area contributed by atoms with Gasteiger partial charge in [-0.1, -0.05) is 30.7 Å². The molecule has 5 nitrogen and oxygen atoms in total. The van der Waals surface area contributed by atoms with Crippen molar-refractivity contribution in [2.75, 3.05) is 5.75 Å². The summed E-state index contributed by atoms with van der Waals surface area (Å²) < 4.78 is 24.5. The Kier molecular flexibility index (Phi) is 6.06. The van der Waals surface area contributed by atoms with Crippen molar-refractivity contribution in [3.63, 3.8) is 0 Å². The average Bonchev–Trinajstić information content (AvgIpc) is 2.53. The van der Waals surface area contributed by atoms with Crippen LogP contribution in [0.1, 0.15) is 38.2 Å². The van der Waals surface area contributed by atoms with E-state index in [1.54, 1.807) is 25.1 Å². The first-order valence-corrected chi connectivity index (χ1v) is 9.84. The van der Waals surface area contributed by atoms with Gasteiger partial charge >= 0.3 is 5.97 Å². The zero-order chi connectivity index (χ0) is 17.0. The van der Waals surface area contributed by atoms with Crippen LogP contribution in [0.2, 0.25) is 5.02 Å². The first-order chi connectivity index (χ1) is 10.8. The Morgan fingerprint density at radius 2 is 1.96 bits per heavy atom. The molecule has 0 bridgehead atoms. The fourth-order valence-electron chi connectivity index (χ4n) is 2.98. The van der Waals surface area contributed by atoms with Crippen LogP contribution in [-0.2, 0) is 21.2 Å². The molecule has 0 aliphatic heterocycles. The first-order valence-electron chi connectivity index (χ1n) is 7.81. The molecule has 0 unspecified atom stereocenters. The van der Waals surface area contributed by atoms with Gasteiger partial charge in [-0.3, -0.25) is 4.79 Å². The average molecular weight is 360 g/mol. The largest absolute Gasteiger partial charge is 0.481 e. The molecule has 0 atom stereocenters. The van der Waals surface area contributed by atoms with E-state index in [1.165, 1.54) is 0 Å². The van der Waals surface area contributed by atoms with E-state index in [0.29, 0.717) is 24.9 Å². The van der Waals surface area contributed by atoms with Crippen LogP contribution in [0.5, 0.6) is 0 Å². The molecule has 0 amide bonds. The van der Waals surface area contributed by atoms with Gasteiger partial charge in [0.25, 0.3) is 0 Å². The smallest absolute Gasteiger partial charge is 0.306 e. The normalized spacial score (nSPS) is 22.0. The van der Waals surface area contributed by atoms with Crippen molar-refractivity contribution in [3.8, 4) is 0 Å². The minimum absolute atomic E-state index is 0.00739. The minimum atomic E-state index is -3.38. The number of aliphatic carboxylic acids is 1. The summed E-state index contributed by atoms with van der Waals surface area (Å²) in [5.74, 6) is -0.974. The molecule has 7 heteroatoms. The molecule has 0 aromatic heterocycles. The van der Waals surface area contributed by atoms with Crippen molar-refractivity contribution < 1.29 is 18.3 Å². The number of carboxylic acids is 1. The van der Waals surface area contributed by atoms with Crippen LogP contribution in [0.25, 0.3) is 0 Å². The molecule has 1 aliphatic rings. The second kappa shape index (κ2) is 7.64. The second-order valence-electron chi connectivity index (χ2n) is 5.90. The van der Waals surface area contributed by atoms with Gasteiger partial charge in [-0.2, -0.15) is 0 Å². The minimum Gasteiger partial charge on any atom is -0.481 e. The molecular formula is C16H22ClNO4S. The maximum atomic E-state index is 12.2. The highest BCUT2D eigenvalue weighted by Gasteiger charge is 2.26. The maximum Gasteiger partial charge on any atom is 0.306 e. The second-order valence-corrected chi connectivity index (χ2v) is 8.52. The first kappa shape index (κ1) is 18.2. The fourth-order valence-corrected chi connectivity index (χ4v) is 4.72. The quantitative estimate of drug-likeness (QED) is 0.816. The number of sulfone groups is 1. The molecule has 1 saturated carbocycles. The van der Waals surface area contributed by atoms with Crippen LogP contribution in [0.4, 0.5) is 0 Å². The third kappa shape index (κ3) is 4.46. The van der Waals surface area contributed by atoms with E-state index in [9.17, 15) is 13.2 Å². The van der Waals surface area contributed by atoms with Crippen LogP contribution in [-0.4, -0.2) is 31.3 Å². The number of benzene rings is 1. The van der Waals surface area contributed by atoms with Gasteiger partial charge in [-0.15, -0.1) is 0 Å². The van der Waals surface area contributed by atoms with Gasteiger partial charge in [0.1, 0.15) is 0 Å². The molecule has 0 radical (unpaired) electrons. The van der Waals surface area contributed by atoms with Gasteiger partial charge in [0, 0.05) is 12.6 Å². The predicted molar refractivity (Wildman–Crippen MR) is 89.4 cm³/mol. The van der Waals surface area contributed by atoms with Gasteiger partial charge in [0.15, 0.2) is 9.84 Å². The van der Waals surface area contributed by atoms with Crippen LogP contribution in [0.3, 0.4) is 0 Å². The lowest BCUT2D eigenvalue weighted by atomic mass is 9.86. The number of carboxylic acid groups (broad SMARTS) is 1. The summed E-state index contributed by atoms with van der Waals surface area (Å²) in [6, 6.07) is 5.31. The summed E-state index contributed by atoms with van der Waals surface area (Å²) in [7, 11) is -3.38. The monoisotopic (exact) mass is 359 g/mol. The van der Waals surface area contributed by atoms with Crippen LogP contribution in [0, 0.1) is 5.92 Å². The molecule has 2 rings (SSSR count). The number of nitrogens with one attached hydrogen (secondary N) is 1. The third-order valence-electron chi connectivity index (χ3n) is 4.40. The molecule has 1 aromatic carbocycles. The molecule has 0 spiro atoms. The predicted octanol–water partition coefficient (Wildman–Crippen LogP) is 2.87. The summed E-state index contributed by atoms with van der Waals surface area (Å²) >= 11 is 6.10. The highest BCUT2D eigenvalue weighted by molar-refractivity contribution is 7.91. The summed E-state index contributed by atoms with van der Waals surface area (Å²) in [5, 5.41) is 12.6. The number of rotatable bonds is 6. The Balaban J connectivity index is 2.05.